The third kappa shape index (κ3) is 3.78. The molecule has 3 rings (SSSR count). The zero-order valence-corrected chi connectivity index (χ0v) is 11.4. The second kappa shape index (κ2) is 5.71. The molecule has 1 aliphatic heterocycles. The molecule has 104 valence electrons. The molecule has 0 bridgehead atoms. The fourth-order valence-corrected chi connectivity index (χ4v) is 2.33. The maximum absolute atomic E-state index is 4.27. The van der Waals surface area contributed by atoms with E-state index in [1.807, 2.05) is 6.07 Å². The molecular formula is C13H22N6. The van der Waals surface area contributed by atoms with E-state index >= 15 is 0 Å². The minimum atomic E-state index is 0.480. The molecule has 1 atom stereocenters. The molecule has 3 N–H and O–H groups in total. The highest BCUT2D eigenvalue weighted by Crippen LogP contribution is 2.24. The molecule has 1 saturated carbocycles. The van der Waals surface area contributed by atoms with E-state index in [0.29, 0.717) is 12.1 Å². The van der Waals surface area contributed by atoms with Crippen molar-refractivity contribution >= 4 is 11.6 Å². The first-order valence-corrected chi connectivity index (χ1v) is 7.04. The minimum Gasteiger partial charge on any atom is -0.368 e. The van der Waals surface area contributed by atoms with Crippen LogP contribution in [-0.4, -0.2) is 60.2 Å². The van der Waals surface area contributed by atoms with E-state index in [1.165, 1.54) is 12.8 Å². The lowest BCUT2D eigenvalue weighted by Gasteiger charge is -2.31. The highest BCUT2D eigenvalue weighted by molar-refractivity contribution is 5.47. The lowest BCUT2D eigenvalue weighted by molar-refractivity contribution is 0.244. The number of nitrogens with zero attached hydrogens (tertiary/aromatic N) is 3. The third-order valence-electron chi connectivity index (χ3n) is 3.58. The largest absolute Gasteiger partial charge is 0.368 e. The molecule has 1 aromatic rings. The van der Waals surface area contributed by atoms with E-state index in [4.69, 9.17) is 0 Å². The zero-order chi connectivity index (χ0) is 13.1. The van der Waals surface area contributed by atoms with Crippen LogP contribution in [-0.2, 0) is 0 Å². The molecule has 6 nitrogen and oxygen atoms in total. The molecule has 1 unspecified atom stereocenters. The topological polar surface area (TPSA) is 65.1 Å². The second-order valence-electron chi connectivity index (χ2n) is 5.50. The normalized spacial score (nSPS) is 24.2. The first-order valence-electron chi connectivity index (χ1n) is 7.04. The molecule has 1 aromatic heterocycles. The van der Waals surface area contributed by atoms with Crippen molar-refractivity contribution < 1.29 is 0 Å². The Morgan fingerprint density at radius 3 is 3.00 bits per heavy atom. The van der Waals surface area contributed by atoms with Crippen molar-refractivity contribution in [3.8, 4) is 0 Å². The molecule has 19 heavy (non-hydrogen) atoms. The van der Waals surface area contributed by atoms with Gasteiger partial charge in [0.05, 0.1) is 0 Å². The summed E-state index contributed by atoms with van der Waals surface area (Å²) in [6.45, 7) is 4.15. The van der Waals surface area contributed by atoms with Crippen LogP contribution in [0.2, 0.25) is 0 Å². The summed E-state index contributed by atoms with van der Waals surface area (Å²) in [5, 5.41) is 10.3. The van der Waals surface area contributed by atoms with Gasteiger partial charge < -0.3 is 20.9 Å². The number of hydrogen-bond acceptors (Lipinski definition) is 6. The smallest absolute Gasteiger partial charge is 0.131 e. The van der Waals surface area contributed by atoms with Crippen molar-refractivity contribution in [2.45, 2.75) is 24.9 Å². The van der Waals surface area contributed by atoms with Gasteiger partial charge in [0.25, 0.3) is 0 Å². The number of nitrogens with one attached hydrogen (secondary N) is 3. The van der Waals surface area contributed by atoms with E-state index in [9.17, 15) is 0 Å². The van der Waals surface area contributed by atoms with Crippen molar-refractivity contribution in [2.75, 3.05) is 43.9 Å². The monoisotopic (exact) mass is 262 g/mol. The lowest BCUT2D eigenvalue weighted by atomic mass is 10.2. The second-order valence-corrected chi connectivity index (χ2v) is 5.50. The first-order chi connectivity index (χ1) is 9.29. The van der Waals surface area contributed by atoms with Crippen molar-refractivity contribution in [1.29, 1.82) is 0 Å². The Hall–Kier alpha value is -1.40. The van der Waals surface area contributed by atoms with Crippen LogP contribution in [0.5, 0.6) is 0 Å². The van der Waals surface area contributed by atoms with E-state index in [-0.39, 0.29) is 0 Å². The van der Waals surface area contributed by atoms with E-state index in [1.54, 1.807) is 6.33 Å². The van der Waals surface area contributed by atoms with E-state index in [2.05, 4.69) is 37.9 Å². The Balaban J connectivity index is 1.51. The zero-order valence-electron chi connectivity index (χ0n) is 11.4. The van der Waals surface area contributed by atoms with E-state index in [0.717, 1.165) is 37.8 Å². The minimum absolute atomic E-state index is 0.480. The molecule has 0 aromatic carbocycles. The van der Waals surface area contributed by atoms with Gasteiger partial charge in [-0.05, 0) is 19.9 Å². The number of anilines is 2. The molecule has 0 amide bonds. The van der Waals surface area contributed by atoms with Gasteiger partial charge in [0.2, 0.25) is 0 Å². The summed E-state index contributed by atoms with van der Waals surface area (Å²) < 4.78 is 0. The molecule has 2 aliphatic rings. The summed E-state index contributed by atoms with van der Waals surface area (Å²) in [5.41, 5.74) is 0. The summed E-state index contributed by atoms with van der Waals surface area (Å²) in [4.78, 5) is 10.9. The van der Waals surface area contributed by atoms with Gasteiger partial charge in [-0.1, -0.05) is 0 Å². The number of likely N-dealkylation sites (N-methyl/N-ethyl adjacent to an activating group) is 1. The Labute approximate surface area is 114 Å². The Kier molecular flexibility index (Phi) is 3.79. The van der Waals surface area contributed by atoms with Gasteiger partial charge in [0, 0.05) is 44.3 Å². The SMILES string of the molecule is CN1CCNC(CNc2cc(NC3CC3)ncn2)C1. The van der Waals surface area contributed by atoms with Gasteiger partial charge in [0.1, 0.15) is 18.0 Å². The van der Waals surface area contributed by atoms with E-state index < -0.39 is 0 Å². The van der Waals surface area contributed by atoms with Crippen LogP contribution in [0.25, 0.3) is 0 Å². The van der Waals surface area contributed by atoms with Crippen LogP contribution in [0, 0.1) is 0 Å². The molecule has 2 heterocycles. The van der Waals surface area contributed by atoms with Gasteiger partial charge in [0.15, 0.2) is 0 Å². The van der Waals surface area contributed by atoms with Crippen LogP contribution >= 0.6 is 0 Å². The fraction of sp³-hybridized carbons (Fsp3) is 0.692. The van der Waals surface area contributed by atoms with Gasteiger partial charge in [-0.25, -0.2) is 9.97 Å². The summed E-state index contributed by atoms with van der Waals surface area (Å²) in [6, 6.07) is 3.09. The predicted octanol–water partition coefficient (Wildman–Crippen LogP) is 0.366. The Morgan fingerprint density at radius 1 is 1.37 bits per heavy atom. The summed E-state index contributed by atoms with van der Waals surface area (Å²) in [5.74, 6) is 1.82. The highest BCUT2D eigenvalue weighted by Gasteiger charge is 2.21. The Bertz CT molecular complexity index is 419. The van der Waals surface area contributed by atoms with Crippen molar-refractivity contribution in [3.05, 3.63) is 12.4 Å². The predicted molar refractivity (Wildman–Crippen MR) is 76.5 cm³/mol. The molecule has 1 saturated heterocycles. The quantitative estimate of drug-likeness (QED) is 0.712. The third-order valence-corrected chi connectivity index (χ3v) is 3.58. The average molecular weight is 262 g/mol. The van der Waals surface area contributed by atoms with Crippen molar-refractivity contribution in [3.63, 3.8) is 0 Å². The standard InChI is InChI=1S/C13H22N6/c1-19-5-4-14-11(8-19)7-15-12-6-13(17-9-16-12)18-10-2-3-10/h6,9-11,14H,2-5,7-8H2,1H3,(H2,15,16,17,18). The first kappa shape index (κ1) is 12.6. The van der Waals surface area contributed by atoms with Gasteiger partial charge in [-0.15, -0.1) is 0 Å². The van der Waals surface area contributed by atoms with Crippen molar-refractivity contribution in [2.24, 2.45) is 0 Å². The number of piperazine rings is 1. The molecular weight excluding hydrogens is 240 g/mol. The van der Waals surface area contributed by atoms with Gasteiger partial charge in [-0.3, -0.25) is 0 Å². The molecule has 2 fully saturated rings. The molecule has 0 spiro atoms. The van der Waals surface area contributed by atoms with Crippen LogP contribution in [0.15, 0.2) is 12.4 Å². The average Bonchev–Trinajstić information content (AvgIpc) is 3.21. The summed E-state index contributed by atoms with van der Waals surface area (Å²) in [6.07, 6.45) is 4.13. The maximum atomic E-state index is 4.27. The van der Waals surface area contributed by atoms with Gasteiger partial charge >= 0.3 is 0 Å². The van der Waals surface area contributed by atoms with Gasteiger partial charge in [-0.2, -0.15) is 0 Å². The van der Waals surface area contributed by atoms with Crippen LogP contribution in [0.4, 0.5) is 11.6 Å². The summed E-state index contributed by atoms with van der Waals surface area (Å²) >= 11 is 0. The number of rotatable bonds is 5. The highest BCUT2D eigenvalue weighted by atomic mass is 15.2. The lowest BCUT2D eigenvalue weighted by Crippen LogP contribution is -2.51. The fourth-order valence-electron chi connectivity index (χ4n) is 2.33. The van der Waals surface area contributed by atoms with Crippen LogP contribution in [0.1, 0.15) is 12.8 Å². The molecule has 6 heteroatoms. The Morgan fingerprint density at radius 2 is 2.21 bits per heavy atom. The van der Waals surface area contributed by atoms with Crippen LogP contribution < -0.4 is 16.0 Å². The number of aromatic nitrogens is 2. The summed E-state index contributed by atoms with van der Waals surface area (Å²) in [7, 11) is 2.16. The molecule has 1 aliphatic carbocycles. The number of hydrogen-bond donors (Lipinski definition) is 3. The maximum Gasteiger partial charge on any atom is 0.131 e. The van der Waals surface area contributed by atoms with Crippen LogP contribution in [0.3, 0.4) is 0 Å². The molecule has 0 radical (unpaired) electrons. The van der Waals surface area contributed by atoms with Crippen molar-refractivity contribution in [1.82, 2.24) is 20.2 Å².